The molecule has 2 nitrogen and oxygen atoms in total. The van der Waals surface area contributed by atoms with E-state index in [9.17, 15) is 4.79 Å². The minimum absolute atomic E-state index is 0.698. The Bertz CT molecular complexity index is 491. The van der Waals surface area contributed by atoms with Crippen molar-refractivity contribution in [1.82, 2.24) is 4.98 Å². The van der Waals surface area contributed by atoms with Crippen molar-refractivity contribution in [3.8, 4) is 11.1 Å². The van der Waals surface area contributed by atoms with Gasteiger partial charge in [-0.25, -0.2) is 0 Å². The van der Waals surface area contributed by atoms with Gasteiger partial charge >= 0.3 is 0 Å². The summed E-state index contributed by atoms with van der Waals surface area (Å²) in [5.74, 6) is 0. The molecule has 0 aliphatic heterocycles. The van der Waals surface area contributed by atoms with Gasteiger partial charge in [-0.05, 0) is 35.7 Å². The van der Waals surface area contributed by atoms with Gasteiger partial charge < -0.3 is 0 Å². The zero-order chi connectivity index (χ0) is 10.7. The van der Waals surface area contributed by atoms with Gasteiger partial charge in [0, 0.05) is 18.0 Å². The molecule has 2 heteroatoms. The maximum Gasteiger partial charge on any atom is 0.150 e. The Morgan fingerprint density at radius 3 is 2.87 bits per heavy atom. The first-order chi connectivity index (χ1) is 7.31. The second-order valence-electron chi connectivity index (χ2n) is 3.43. The SMILES string of the molecule is Cc1cnccc1-c1cccc(C=O)c1. The number of aromatic nitrogens is 1. The standard InChI is InChI=1S/C13H11NO/c1-10-8-14-6-5-13(10)12-4-2-3-11(7-12)9-15/h2-9H,1H3. The molecular formula is C13H11NO. The first kappa shape index (κ1) is 9.59. The van der Waals surface area contributed by atoms with Gasteiger partial charge in [0.1, 0.15) is 6.29 Å². The van der Waals surface area contributed by atoms with Crippen LogP contribution >= 0.6 is 0 Å². The van der Waals surface area contributed by atoms with Gasteiger partial charge in [-0.1, -0.05) is 18.2 Å². The Kier molecular flexibility index (Phi) is 2.59. The molecule has 0 aliphatic carbocycles. The highest BCUT2D eigenvalue weighted by atomic mass is 16.1. The molecule has 0 radical (unpaired) electrons. The fraction of sp³-hybridized carbons (Fsp3) is 0.0769. The van der Waals surface area contributed by atoms with Crippen molar-refractivity contribution in [1.29, 1.82) is 0 Å². The molecule has 1 aromatic carbocycles. The highest BCUT2D eigenvalue weighted by Crippen LogP contribution is 2.22. The quantitative estimate of drug-likeness (QED) is 0.693. The largest absolute Gasteiger partial charge is 0.298 e. The monoisotopic (exact) mass is 197 g/mol. The van der Waals surface area contributed by atoms with Crippen LogP contribution in [0.1, 0.15) is 15.9 Å². The van der Waals surface area contributed by atoms with Crippen molar-refractivity contribution < 1.29 is 4.79 Å². The van der Waals surface area contributed by atoms with Crippen molar-refractivity contribution in [3.05, 3.63) is 53.9 Å². The molecular weight excluding hydrogens is 186 g/mol. The Morgan fingerprint density at radius 1 is 1.27 bits per heavy atom. The van der Waals surface area contributed by atoms with Crippen molar-refractivity contribution in [2.75, 3.05) is 0 Å². The summed E-state index contributed by atoms with van der Waals surface area (Å²) in [5.41, 5.74) is 3.98. The number of nitrogens with zero attached hydrogens (tertiary/aromatic N) is 1. The van der Waals surface area contributed by atoms with Crippen LogP contribution < -0.4 is 0 Å². The normalized spacial score (nSPS) is 9.93. The van der Waals surface area contributed by atoms with Crippen molar-refractivity contribution in [2.24, 2.45) is 0 Å². The topological polar surface area (TPSA) is 30.0 Å². The van der Waals surface area contributed by atoms with E-state index in [0.717, 1.165) is 23.0 Å². The second kappa shape index (κ2) is 4.05. The molecule has 0 saturated heterocycles. The van der Waals surface area contributed by atoms with Gasteiger partial charge in [0.05, 0.1) is 0 Å². The molecule has 0 aliphatic rings. The lowest BCUT2D eigenvalue weighted by Crippen LogP contribution is -1.86. The zero-order valence-corrected chi connectivity index (χ0v) is 8.47. The first-order valence-corrected chi connectivity index (χ1v) is 4.77. The predicted octanol–water partition coefficient (Wildman–Crippen LogP) is 2.87. The number of aryl methyl sites for hydroxylation is 1. The molecule has 0 amide bonds. The molecule has 15 heavy (non-hydrogen) atoms. The molecule has 0 N–H and O–H groups in total. The van der Waals surface area contributed by atoms with Gasteiger partial charge in [-0.2, -0.15) is 0 Å². The minimum atomic E-state index is 0.698. The predicted molar refractivity (Wildman–Crippen MR) is 59.8 cm³/mol. The third-order valence-electron chi connectivity index (χ3n) is 2.35. The average molecular weight is 197 g/mol. The summed E-state index contributed by atoms with van der Waals surface area (Å²) in [6, 6.07) is 9.52. The summed E-state index contributed by atoms with van der Waals surface area (Å²) in [4.78, 5) is 14.7. The van der Waals surface area contributed by atoms with E-state index in [-0.39, 0.29) is 0 Å². The number of benzene rings is 1. The molecule has 2 rings (SSSR count). The Morgan fingerprint density at radius 2 is 2.13 bits per heavy atom. The van der Waals surface area contributed by atoms with E-state index in [1.807, 2.05) is 37.4 Å². The van der Waals surface area contributed by atoms with Gasteiger partial charge in [-0.3, -0.25) is 9.78 Å². The van der Waals surface area contributed by atoms with E-state index in [2.05, 4.69) is 4.98 Å². The van der Waals surface area contributed by atoms with E-state index in [4.69, 9.17) is 0 Å². The average Bonchev–Trinajstić information content (AvgIpc) is 2.30. The molecule has 1 heterocycles. The van der Waals surface area contributed by atoms with Crippen LogP contribution in [-0.4, -0.2) is 11.3 Å². The molecule has 0 spiro atoms. The molecule has 0 unspecified atom stereocenters. The molecule has 1 aromatic heterocycles. The summed E-state index contributed by atoms with van der Waals surface area (Å²) in [6.45, 7) is 2.01. The van der Waals surface area contributed by atoms with Gasteiger partial charge in [0.15, 0.2) is 0 Å². The molecule has 74 valence electrons. The van der Waals surface area contributed by atoms with Crippen molar-refractivity contribution >= 4 is 6.29 Å². The summed E-state index contributed by atoms with van der Waals surface area (Å²) >= 11 is 0. The zero-order valence-electron chi connectivity index (χ0n) is 8.47. The fourth-order valence-electron chi connectivity index (χ4n) is 1.58. The number of hydrogen-bond acceptors (Lipinski definition) is 2. The van der Waals surface area contributed by atoms with Crippen LogP contribution in [0.5, 0.6) is 0 Å². The van der Waals surface area contributed by atoms with Crippen molar-refractivity contribution in [2.45, 2.75) is 6.92 Å². The Labute approximate surface area is 88.6 Å². The van der Waals surface area contributed by atoms with Gasteiger partial charge in [-0.15, -0.1) is 0 Å². The van der Waals surface area contributed by atoms with Gasteiger partial charge in [0.2, 0.25) is 0 Å². The lowest BCUT2D eigenvalue weighted by atomic mass is 10.0. The highest BCUT2D eigenvalue weighted by molar-refractivity contribution is 5.79. The van der Waals surface area contributed by atoms with Crippen LogP contribution in [0.25, 0.3) is 11.1 Å². The van der Waals surface area contributed by atoms with Crippen LogP contribution in [0, 0.1) is 6.92 Å². The third-order valence-corrected chi connectivity index (χ3v) is 2.35. The Hall–Kier alpha value is -1.96. The summed E-state index contributed by atoms with van der Waals surface area (Å²) in [7, 11) is 0. The lowest BCUT2D eigenvalue weighted by Gasteiger charge is -2.05. The summed E-state index contributed by atoms with van der Waals surface area (Å²) in [5, 5.41) is 0. The molecule has 0 atom stereocenters. The first-order valence-electron chi connectivity index (χ1n) is 4.77. The van der Waals surface area contributed by atoms with Crippen LogP contribution in [-0.2, 0) is 0 Å². The van der Waals surface area contributed by atoms with Crippen molar-refractivity contribution in [3.63, 3.8) is 0 Å². The minimum Gasteiger partial charge on any atom is -0.298 e. The maximum atomic E-state index is 10.7. The number of aldehydes is 1. The summed E-state index contributed by atoms with van der Waals surface area (Å²) in [6.07, 6.45) is 4.44. The van der Waals surface area contributed by atoms with E-state index >= 15 is 0 Å². The Balaban J connectivity index is 2.54. The smallest absolute Gasteiger partial charge is 0.150 e. The molecule has 0 bridgehead atoms. The number of pyridine rings is 1. The highest BCUT2D eigenvalue weighted by Gasteiger charge is 2.01. The lowest BCUT2D eigenvalue weighted by molar-refractivity contribution is 0.112. The fourth-order valence-corrected chi connectivity index (χ4v) is 1.58. The summed E-state index contributed by atoms with van der Waals surface area (Å²) < 4.78 is 0. The van der Waals surface area contributed by atoms with E-state index < -0.39 is 0 Å². The third kappa shape index (κ3) is 1.94. The number of carbonyl (C=O) groups is 1. The van der Waals surface area contributed by atoms with E-state index in [1.165, 1.54) is 0 Å². The number of rotatable bonds is 2. The second-order valence-corrected chi connectivity index (χ2v) is 3.43. The van der Waals surface area contributed by atoms with Gasteiger partial charge in [0.25, 0.3) is 0 Å². The number of carbonyl (C=O) groups excluding carboxylic acids is 1. The van der Waals surface area contributed by atoms with Crippen LogP contribution in [0.3, 0.4) is 0 Å². The van der Waals surface area contributed by atoms with Crippen LogP contribution in [0.15, 0.2) is 42.7 Å². The maximum absolute atomic E-state index is 10.7. The molecule has 0 saturated carbocycles. The molecule has 0 fully saturated rings. The van der Waals surface area contributed by atoms with Crippen LogP contribution in [0.4, 0.5) is 0 Å². The van der Waals surface area contributed by atoms with Crippen LogP contribution in [0.2, 0.25) is 0 Å². The number of hydrogen-bond donors (Lipinski definition) is 0. The molecule has 2 aromatic rings. The van der Waals surface area contributed by atoms with E-state index in [0.29, 0.717) is 5.56 Å². The van der Waals surface area contributed by atoms with E-state index in [1.54, 1.807) is 12.3 Å².